The lowest BCUT2D eigenvalue weighted by atomic mass is 10.0. The van der Waals surface area contributed by atoms with E-state index >= 15 is 0 Å². The van der Waals surface area contributed by atoms with Crippen molar-refractivity contribution in [1.82, 2.24) is 0 Å². The second kappa shape index (κ2) is 6.64. The normalized spacial score (nSPS) is 12.6. The highest BCUT2D eigenvalue weighted by Gasteiger charge is 2.14. The number of unbranched alkanes of at least 4 members (excludes halogenated alkanes) is 3. The van der Waals surface area contributed by atoms with E-state index in [0.717, 1.165) is 12.8 Å². The minimum atomic E-state index is -0.219. The van der Waals surface area contributed by atoms with Crippen LogP contribution in [-0.4, -0.2) is 10.2 Å². The average Bonchev–Trinajstić information content (AvgIpc) is 2.28. The molecule has 1 aromatic carbocycles. The van der Waals surface area contributed by atoms with Gasteiger partial charge in [0.05, 0.1) is 5.38 Å². The molecule has 0 spiro atoms. The first-order chi connectivity index (χ1) is 7.66. The fourth-order valence-corrected chi connectivity index (χ4v) is 2.04. The second-order valence-corrected chi connectivity index (χ2v) is 4.56. The zero-order valence-electron chi connectivity index (χ0n) is 9.62. The zero-order valence-corrected chi connectivity index (χ0v) is 10.4. The number of phenolic OH excluding ortho intramolecular Hbond substituents is 2. The molecule has 1 rings (SSSR count). The van der Waals surface area contributed by atoms with Crippen molar-refractivity contribution in [2.45, 2.75) is 44.4 Å². The summed E-state index contributed by atoms with van der Waals surface area (Å²) in [6.07, 6.45) is 5.47. The molecule has 0 aliphatic rings. The molecule has 0 aromatic heterocycles. The van der Waals surface area contributed by atoms with E-state index in [2.05, 4.69) is 6.92 Å². The maximum absolute atomic E-state index is 9.64. The predicted molar refractivity (Wildman–Crippen MR) is 67.1 cm³/mol. The van der Waals surface area contributed by atoms with Gasteiger partial charge in [-0.1, -0.05) is 44.7 Å². The summed E-state index contributed by atoms with van der Waals surface area (Å²) in [4.78, 5) is 0. The van der Waals surface area contributed by atoms with Crippen molar-refractivity contribution in [1.29, 1.82) is 0 Å². The Morgan fingerprint density at radius 1 is 1.19 bits per heavy atom. The molecule has 0 aliphatic heterocycles. The number of phenols is 2. The Kier molecular flexibility index (Phi) is 5.47. The molecule has 3 heteroatoms. The lowest BCUT2D eigenvalue weighted by Gasteiger charge is -2.12. The van der Waals surface area contributed by atoms with Gasteiger partial charge in [-0.2, -0.15) is 0 Å². The van der Waals surface area contributed by atoms with Crippen LogP contribution in [0.5, 0.6) is 11.5 Å². The topological polar surface area (TPSA) is 40.5 Å². The minimum Gasteiger partial charge on any atom is -0.504 e. The van der Waals surface area contributed by atoms with Crippen LogP contribution in [0.2, 0.25) is 0 Å². The van der Waals surface area contributed by atoms with E-state index in [9.17, 15) is 10.2 Å². The summed E-state index contributed by atoms with van der Waals surface area (Å²) in [5.41, 5.74) is 0.623. The van der Waals surface area contributed by atoms with Gasteiger partial charge < -0.3 is 10.2 Å². The van der Waals surface area contributed by atoms with Crippen molar-refractivity contribution < 1.29 is 10.2 Å². The maximum atomic E-state index is 9.64. The summed E-state index contributed by atoms with van der Waals surface area (Å²) in [7, 11) is 0. The van der Waals surface area contributed by atoms with Crippen molar-refractivity contribution in [3.8, 4) is 11.5 Å². The SMILES string of the molecule is CCCCCCC(Cl)c1cccc(O)c1O. The van der Waals surface area contributed by atoms with Crippen LogP contribution in [0.3, 0.4) is 0 Å². The van der Waals surface area contributed by atoms with Gasteiger partial charge in [0, 0.05) is 5.56 Å². The molecule has 0 bridgehead atoms. The molecule has 2 N–H and O–H groups in total. The number of alkyl halides is 1. The number of hydrogen-bond donors (Lipinski definition) is 2. The smallest absolute Gasteiger partial charge is 0.162 e. The van der Waals surface area contributed by atoms with Gasteiger partial charge in [-0.25, -0.2) is 0 Å². The standard InChI is InChI=1S/C13H19ClO2/c1-2-3-4-5-8-11(14)10-7-6-9-12(15)13(10)16/h6-7,9,11,15-16H,2-5,8H2,1H3. The van der Waals surface area contributed by atoms with Crippen molar-refractivity contribution in [2.75, 3.05) is 0 Å². The minimum absolute atomic E-state index is 0.0852. The van der Waals surface area contributed by atoms with Crippen LogP contribution in [0, 0.1) is 0 Å². The van der Waals surface area contributed by atoms with Gasteiger partial charge in [0.1, 0.15) is 0 Å². The Labute approximate surface area is 102 Å². The fourth-order valence-electron chi connectivity index (χ4n) is 1.71. The largest absolute Gasteiger partial charge is 0.504 e. The quantitative estimate of drug-likeness (QED) is 0.442. The van der Waals surface area contributed by atoms with Crippen molar-refractivity contribution in [2.24, 2.45) is 0 Å². The molecule has 0 aliphatic carbocycles. The predicted octanol–water partition coefficient (Wildman–Crippen LogP) is 4.35. The van der Waals surface area contributed by atoms with E-state index in [0.29, 0.717) is 5.56 Å². The van der Waals surface area contributed by atoms with Crippen molar-refractivity contribution >= 4 is 11.6 Å². The molecule has 1 aromatic rings. The highest BCUT2D eigenvalue weighted by molar-refractivity contribution is 6.21. The second-order valence-electron chi connectivity index (χ2n) is 4.03. The van der Waals surface area contributed by atoms with Crippen molar-refractivity contribution in [3.63, 3.8) is 0 Å². The molecule has 2 nitrogen and oxygen atoms in total. The molecule has 0 amide bonds. The van der Waals surface area contributed by atoms with Crippen molar-refractivity contribution in [3.05, 3.63) is 23.8 Å². The molecule has 0 radical (unpaired) electrons. The lowest BCUT2D eigenvalue weighted by Crippen LogP contribution is -1.92. The Hall–Kier alpha value is -0.890. The molecular formula is C13H19ClO2. The fraction of sp³-hybridized carbons (Fsp3) is 0.538. The first-order valence-electron chi connectivity index (χ1n) is 5.81. The van der Waals surface area contributed by atoms with Gasteiger partial charge in [-0.15, -0.1) is 11.6 Å². The van der Waals surface area contributed by atoms with Crippen LogP contribution in [0.25, 0.3) is 0 Å². The Morgan fingerprint density at radius 3 is 2.62 bits per heavy atom. The number of benzene rings is 1. The monoisotopic (exact) mass is 242 g/mol. The highest BCUT2D eigenvalue weighted by Crippen LogP contribution is 2.37. The van der Waals surface area contributed by atoms with Crippen LogP contribution in [0.1, 0.15) is 50.0 Å². The Balaban J connectivity index is 2.52. The number of rotatable bonds is 6. The van der Waals surface area contributed by atoms with Crippen LogP contribution in [0.4, 0.5) is 0 Å². The summed E-state index contributed by atoms with van der Waals surface area (Å²) >= 11 is 6.19. The van der Waals surface area contributed by atoms with E-state index in [4.69, 9.17) is 11.6 Å². The van der Waals surface area contributed by atoms with Crippen LogP contribution in [-0.2, 0) is 0 Å². The maximum Gasteiger partial charge on any atom is 0.162 e. The molecule has 0 saturated carbocycles. The third-order valence-electron chi connectivity index (χ3n) is 2.69. The van der Waals surface area contributed by atoms with Gasteiger partial charge in [0.15, 0.2) is 11.5 Å². The molecule has 90 valence electrons. The molecule has 1 atom stereocenters. The lowest BCUT2D eigenvalue weighted by molar-refractivity contribution is 0.398. The van der Waals surface area contributed by atoms with E-state index in [-0.39, 0.29) is 16.9 Å². The van der Waals surface area contributed by atoms with Gasteiger partial charge in [-0.3, -0.25) is 0 Å². The average molecular weight is 243 g/mol. The Morgan fingerprint density at radius 2 is 1.94 bits per heavy atom. The molecule has 1 unspecified atom stereocenters. The summed E-state index contributed by atoms with van der Waals surface area (Å²) in [5, 5.41) is 18.8. The van der Waals surface area contributed by atoms with E-state index in [1.54, 1.807) is 12.1 Å². The first kappa shape index (κ1) is 13.2. The van der Waals surface area contributed by atoms with Gasteiger partial charge in [-0.05, 0) is 12.5 Å². The first-order valence-corrected chi connectivity index (χ1v) is 6.25. The van der Waals surface area contributed by atoms with E-state index in [1.807, 2.05) is 0 Å². The molecule has 16 heavy (non-hydrogen) atoms. The van der Waals surface area contributed by atoms with E-state index < -0.39 is 0 Å². The molecule has 0 heterocycles. The number of para-hydroxylation sites is 1. The summed E-state index contributed by atoms with van der Waals surface area (Å²) in [6, 6.07) is 4.91. The number of hydrogen-bond acceptors (Lipinski definition) is 2. The van der Waals surface area contributed by atoms with Gasteiger partial charge in [0.2, 0.25) is 0 Å². The summed E-state index contributed by atoms with van der Waals surface area (Å²) in [6.45, 7) is 2.17. The number of halogens is 1. The molecular weight excluding hydrogens is 224 g/mol. The van der Waals surface area contributed by atoms with Crippen LogP contribution in [0.15, 0.2) is 18.2 Å². The third kappa shape index (κ3) is 3.60. The zero-order chi connectivity index (χ0) is 12.0. The number of aromatic hydroxyl groups is 2. The third-order valence-corrected chi connectivity index (χ3v) is 3.15. The molecule has 0 saturated heterocycles. The van der Waals surface area contributed by atoms with Crippen LogP contribution >= 0.6 is 11.6 Å². The summed E-state index contributed by atoms with van der Waals surface area (Å²) < 4.78 is 0. The van der Waals surface area contributed by atoms with Gasteiger partial charge >= 0.3 is 0 Å². The van der Waals surface area contributed by atoms with Gasteiger partial charge in [0.25, 0.3) is 0 Å². The van der Waals surface area contributed by atoms with Crippen LogP contribution < -0.4 is 0 Å². The van der Waals surface area contributed by atoms with E-state index in [1.165, 1.54) is 25.3 Å². The highest BCUT2D eigenvalue weighted by atomic mass is 35.5. The Bertz CT molecular complexity index is 326. The molecule has 0 fully saturated rings. The summed E-state index contributed by atoms with van der Waals surface area (Å²) in [5.74, 6) is -0.185.